The Hall–Kier alpha value is -2.53. The van der Waals surface area contributed by atoms with E-state index in [0.29, 0.717) is 0 Å². The molecule has 1 aliphatic heterocycles. The highest BCUT2D eigenvalue weighted by Crippen LogP contribution is 2.35. The van der Waals surface area contributed by atoms with Crippen LogP contribution in [0.25, 0.3) is 0 Å². The zero-order chi connectivity index (χ0) is 19.8. The fourth-order valence-corrected chi connectivity index (χ4v) is 3.84. The molecule has 3 rings (SSSR count). The first-order chi connectivity index (χ1) is 13.7. The van der Waals surface area contributed by atoms with Crippen LogP contribution in [0.1, 0.15) is 24.0 Å². The molecule has 0 radical (unpaired) electrons. The maximum atomic E-state index is 5.66. The second-order valence-corrected chi connectivity index (χ2v) is 7.36. The Balaban J connectivity index is 1.71. The van der Waals surface area contributed by atoms with Crippen LogP contribution in [0.4, 0.5) is 0 Å². The van der Waals surface area contributed by atoms with Crippen molar-refractivity contribution in [3.8, 4) is 5.75 Å². The quantitative estimate of drug-likeness (QED) is 0.615. The first kappa shape index (κ1) is 20.2. The predicted molar refractivity (Wildman–Crippen MR) is 114 cm³/mol. The van der Waals surface area contributed by atoms with Crippen LogP contribution < -0.4 is 10.1 Å². The first-order valence-corrected chi connectivity index (χ1v) is 9.85. The molecule has 1 aliphatic rings. The van der Waals surface area contributed by atoms with Gasteiger partial charge in [-0.1, -0.05) is 42.5 Å². The van der Waals surface area contributed by atoms with Crippen molar-refractivity contribution >= 4 is 5.96 Å². The lowest BCUT2D eigenvalue weighted by Gasteiger charge is -2.39. The molecule has 2 aromatic carbocycles. The number of rotatable bonds is 6. The molecule has 0 bridgehead atoms. The molecule has 1 saturated heterocycles. The van der Waals surface area contributed by atoms with Gasteiger partial charge in [-0.2, -0.15) is 0 Å². The van der Waals surface area contributed by atoms with Gasteiger partial charge in [-0.15, -0.1) is 0 Å². The summed E-state index contributed by atoms with van der Waals surface area (Å²) in [5.41, 5.74) is 2.63. The molecule has 1 heterocycles. The van der Waals surface area contributed by atoms with E-state index in [9.17, 15) is 0 Å². The van der Waals surface area contributed by atoms with Crippen molar-refractivity contribution < 1.29 is 9.47 Å². The highest BCUT2D eigenvalue weighted by Gasteiger charge is 2.34. The smallest absolute Gasteiger partial charge is 0.193 e. The molecule has 0 aromatic heterocycles. The SMILES string of the molecule is CN=C(NCC1(c2ccc(OC)cc2)CCOCC1)N(C)Cc1ccccc1. The van der Waals surface area contributed by atoms with Gasteiger partial charge >= 0.3 is 0 Å². The fourth-order valence-electron chi connectivity index (χ4n) is 3.84. The minimum absolute atomic E-state index is 0.0358. The Bertz CT molecular complexity index is 753. The minimum Gasteiger partial charge on any atom is -0.497 e. The standard InChI is InChI=1S/C23H31N3O2/c1-24-22(26(2)17-19-7-5-4-6-8-19)25-18-23(13-15-28-16-14-23)20-9-11-21(27-3)12-10-20/h4-12H,13-18H2,1-3H3,(H,24,25). The molecular formula is C23H31N3O2. The minimum atomic E-state index is 0.0358. The van der Waals surface area contributed by atoms with E-state index < -0.39 is 0 Å². The number of guanidine groups is 1. The molecule has 5 nitrogen and oxygen atoms in total. The van der Waals surface area contributed by atoms with Crippen LogP contribution in [0.2, 0.25) is 0 Å². The van der Waals surface area contributed by atoms with Crippen molar-refractivity contribution in [1.29, 1.82) is 0 Å². The van der Waals surface area contributed by atoms with E-state index in [1.54, 1.807) is 7.11 Å². The largest absolute Gasteiger partial charge is 0.497 e. The Morgan fingerprint density at radius 3 is 2.39 bits per heavy atom. The van der Waals surface area contributed by atoms with Crippen molar-refractivity contribution in [2.24, 2.45) is 4.99 Å². The number of methoxy groups -OCH3 is 1. The van der Waals surface area contributed by atoms with Crippen LogP contribution in [0, 0.1) is 0 Å². The van der Waals surface area contributed by atoms with E-state index in [4.69, 9.17) is 9.47 Å². The molecule has 0 unspecified atom stereocenters. The molecule has 0 amide bonds. The normalized spacial score (nSPS) is 16.5. The summed E-state index contributed by atoms with van der Waals surface area (Å²) in [4.78, 5) is 6.66. The average Bonchev–Trinajstić information content (AvgIpc) is 2.75. The zero-order valence-electron chi connectivity index (χ0n) is 17.1. The van der Waals surface area contributed by atoms with Gasteiger partial charge in [0.15, 0.2) is 5.96 Å². The molecular weight excluding hydrogens is 350 g/mol. The van der Waals surface area contributed by atoms with Crippen LogP contribution in [0.3, 0.4) is 0 Å². The van der Waals surface area contributed by atoms with Gasteiger partial charge in [0.25, 0.3) is 0 Å². The van der Waals surface area contributed by atoms with Crippen molar-refractivity contribution in [3.63, 3.8) is 0 Å². The molecule has 2 aromatic rings. The molecule has 0 aliphatic carbocycles. The first-order valence-electron chi connectivity index (χ1n) is 9.85. The van der Waals surface area contributed by atoms with Crippen LogP contribution in [-0.4, -0.2) is 51.8 Å². The zero-order valence-corrected chi connectivity index (χ0v) is 17.1. The molecule has 0 saturated carbocycles. The molecule has 28 heavy (non-hydrogen) atoms. The van der Waals surface area contributed by atoms with E-state index in [-0.39, 0.29) is 5.41 Å². The van der Waals surface area contributed by atoms with Crippen molar-refractivity contribution in [2.75, 3.05) is 41.0 Å². The van der Waals surface area contributed by atoms with Crippen molar-refractivity contribution in [1.82, 2.24) is 10.2 Å². The van der Waals surface area contributed by atoms with Gasteiger partial charge in [0.1, 0.15) is 5.75 Å². The topological polar surface area (TPSA) is 46.1 Å². The lowest BCUT2D eigenvalue weighted by Crippen LogP contribution is -2.48. The van der Waals surface area contributed by atoms with Gasteiger partial charge in [0.05, 0.1) is 7.11 Å². The van der Waals surface area contributed by atoms with E-state index in [1.165, 1.54) is 11.1 Å². The predicted octanol–water partition coefficient (Wildman–Crippen LogP) is 3.45. The van der Waals surface area contributed by atoms with E-state index in [2.05, 4.69) is 58.7 Å². The molecule has 1 fully saturated rings. The maximum absolute atomic E-state index is 5.66. The van der Waals surface area contributed by atoms with Crippen LogP contribution in [-0.2, 0) is 16.7 Å². The van der Waals surface area contributed by atoms with Crippen molar-refractivity contribution in [3.05, 3.63) is 65.7 Å². The lowest BCUT2D eigenvalue weighted by atomic mass is 9.74. The molecule has 1 N–H and O–H groups in total. The Morgan fingerprint density at radius 2 is 1.79 bits per heavy atom. The van der Waals surface area contributed by atoms with E-state index in [1.807, 2.05) is 25.2 Å². The Morgan fingerprint density at radius 1 is 1.11 bits per heavy atom. The van der Waals surface area contributed by atoms with E-state index in [0.717, 1.165) is 50.9 Å². The number of benzene rings is 2. The van der Waals surface area contributed by atoms with Crippen LogP contribution in [0.5, 0.6) is 5.75 Å². The summed E-state index contributed by atoms with van der Waals surface area (Å²) >= 11 is 0. The number of aliphatic imine (C=N–C) groups is 1. The van der Waals surface area contributed by atoms with Crippen LogP contribution >= 0.6 is 0 Å². The summed E-state index contributed by atoms with van der Waals surface area (Å²) in [5, 5.41) is 3.62. The average molecular weight is 382 g/mol. The lowest BCUT2D eigenvalue weighted by molar-refractivity contribution is 0.0512. The summed E-state index contributed by atoms with van der Waals surface area (Å²) in [7, 11) is 5.62. The van der Waals surface area contributed by atoms with Gasteiger partial charge < -0.3 is 19.7 Å². The van der Waals surface area contributed by atoms with E-state index >= 15 is 0 Å². The molecule has 0 spiro atoms. The number of nitrogens with one attached hydrogen (secondary N) is 1. The third-order valence-electron chi connectivity index (χ3n) is 5.57. The fraction of sp³-hybridized carbons (Fsp3) is 0.435. The molecule has 0 atom stereocenters. The summed E-state index contributed by atoms with van der Waals surface area (Å²) in [6.07, 6.45) is 1.98. The number of ether oxygens (including phenoxy) is 2. The second-order valence-electron chi connectivity index (χ2n) is 7.36. The highest BCUT2D eigenvalue weighted by atomic mass is 16.5. The number of nitrogens with zero attached hydrogens (tertiary/aromatic N) is 2. The molecule has 150 valence electrons. The van der Waals surface area contributed by atoms with Gasteiger partial charge in [-0.25, -0.2) is 0 Å². The summed E-state index contributed by atoms with van der Waals surface area (Å²) in [6, 6.07) is 18.9. The summed E-state index contributed by atoms with van der Waals surface area (Å²) in [5.74, 6) is 1.79. The third-order valence-corrected chi connectivity index (χ3v) is 5.57. The second kappa shape index (κ2) is 9.60. The van der Waals surface area contributed by atoms with Gasteiger partial charge in [-0.3, -0.25) is 4.99 Å². The highest BCUT2D eigenvalue weighted by molar-refractivity contribution is 5.79. The van der Waals surface area contributed by atoms with Crippen molar-refractivity contribution in [2.45, 2.75) is 24.8 Å². The number of hydrogen-bond donors (Lipinski definition) is 1. The Kier molecular flexibility index (Phi) is 6.93. The van der Waals surface area contributed by atoms with Gasteiger partial charge in [-0.05, 0) is 36.1 Å². The monoisotopic (exact) mass is 381 g/mol. The third kappa shape index (κ3) is 4.84. The van der Waals surface area contributed by atoms with Gasteiger partial charge in [0, 0.05) is 45.8 Å². The Labute approximate surface area is 168 Å². The summed E-state index contributed by atoms with van der Waals surface area (Å²) < 4.78 is 11.0. The maximum Gasteiger partial charge on any atom is 0.193 e. The van der Waals surface area contributed by atoms with Gasteiger partial charge in [0.2, 0.25) is 0 Å². The van der Waals surface area contributed by atoms with Crippen LogP contribution in [0.15, 0.2) is 59.6 Å². The number of hydrogen-bond acceptors (Lipinski definition) is 3. The summed E-state index contributed by atoms with van der Waals surface area (Å²) in [6.45, 7) is 3.21. The molecule has 5 heteroatoms.